The summed E-state index contributed by atoms with van der Waals surface area (Å²) in [6, 6.07) is -0.0463. The van der Waals surface area contributed by atoms with Crippen LogP contribution in [-0.4, -0.2) is 365 Å². The molecule has 17 N–H and O–H groups in total. The Bertz CT molecular complexity index is 2580. The number of allylic oxidation sites excluding steroid dienone is 1. The molecule has 25 aliphatic heterocycles. The summed E-state index contributed by atoms with van der Waals surface area (Å²) in [5, 5.41) is 48.5. The van der Waals surface area contributed by atoms with E-state index in [4.69, 9.17) is 18.9 Å². The van der Waals surface area contributed by atoms with Gasteiger partial charge in [-0.15, -0.1) is 23.5 Å². The average Bonchev–Trinajstić information content (AvgIpc) is 1.73. The van der Waals surface area contributed by atoms with Crippen LogP contribution in [0.1, 0.15) is 186 Å². The Morgan fingerprint density at radius 1 is 0.358 bits per heavy atom. The van der Waals surface area contributed by atoms with E-state index in [1.165, 1.54) is 202 Å². The fourth-order valence-corrected chi connectivity index (χ4v) is 16.9. The number of esters is 1. The molecule has 2 bridgehead atoms. The van der Waals surface area contributed by atoms with Gasteiger partial charge in [0, 0.05) is 187 Å². The third-order valence-corrected chi connectivity index (χ3v) is 25.4. The molecule has 25 heterocycles. The number of thioether (sulfide) groups is 4. The molecule has 0 saturated carbocycles. The minimum atomic E-state index is -2.55. The van der Waals surface area contributed by atoms with Crippen LogP contribution in [-0.2, 0) is 76.3 Å². The van der Waals surface area contributed by atoms with Crippen molar-refractivity contribution in [1.29, 1.82) is 0 Å². The number of nitrogens with one attached hydrogen (secondary N) is 17. The van der Waals surface area contributed by atoms with Gasteiger partial charge in [-0.3, -0.25) is 35.2 Å². The molecule has 20 fully saturated rings. The van der Waals surface area contributed by atoms with Gasteiger partial charge in [0.25, 0.3) is 0 Å². The van der Waals surface area contributed by atoms with E-state index in [1.807, 2.05) is 41.2 Å². The summed E-state index contributed by atoms with van der Waals surface area (Å²) in [4.78, 5) is 77.8. The van der Waals surface area contributed by atoms with Gasteiger partial charge in [0.2, 0.25) is 5.91 Å². The van der Waals surface area contributed by atoms with Gasteiger partial charge in [-0.1, -0.05) is 42.8 Å². The zero-order valence-corrected chi connectivity index (χ0v) is 86.4. The van der Waals surface area contributed by atoms with Gasteiger partial charge in [0.15, 0.2) is 11.5 Å². The number of fused-ring (bicyclic) bond motifs is 2. The molecular weight excluding hydrogens is 1860 g/mol. The van der Waals surface area contributed by atoms with Crippen molar-refractivity contribution in [1.82, 2.24) is 90.6 Å². The summed E-state index contributed by atoms with van der Waals surface area (Å²) >= 11 is 7.19. The maximum atomic E-state index is 10.4. The summed E-state index contributed by atoms with van der Waals surface area (Å²) in [7, 11) is -2.55. The third kappa shape index (κ3) is 101. The lowest BCUT2D eigenvalue weighted by Crippen LogP contribution is -2.39. The number of piperidine rings is 1. The number of alkyl carbamates (subject to hydrolysis) is 2. The van der Waals surface area contributed by atoms with E-state index >= 15 is 0 Å². The summed E-state index contributed by atoms with van der Waals surface area (Å²) < 4.78 is 72.5. The molecule has 44 heteroatoms. The first kappa shape index (κ1) is 127. The molecule has 0 aromatic rings. The number of ether oxygens (including phenoxy) is 11. The number of carbonyl (C=O) groups excluding carboxylic acids is 7. The van der Waals surface area contributed by atoms with Crippen LogP contribution in [0.2, 0.25) is 0 Å². The standard InChI is InChI=1S/C6H10O.C5H11N.C5H9N.C5H10O.C5H10S.C4H10N2.C4H7NO2.C4H9NO.C4H7NO.C4H5NS.C4H9N.C4H7N.C4H8O2S.C4H6O2.C4H6OS.C4H8O.C3H6N2O.C3H6N2.C3H8N2.C3H5NO2.C3H5NO.C3H7NS.C3H4O3.C2H4O/c1-2-6-4-3-5(1)7-6;4*1-2-4-6-5-3-1;1-2-6-4-3-5-1;6-4-5-2-1-3-7-4;1-3-6-4-2-5-1;6-4-2-1-3-5-4;1-3-6-4-2-5-1;2*1-2-4-5-3-1;5-7(6)3-1-2-4-7;2*5-4-2-1-3-6-4;1-2-4-5-3-1;6-3-4-1-2-5-3;1-2-5-3-4-1;1-2-4-5-3-1;5-3-4-1-2-6-3;2*1-2-5-3-4-1;4-3-5-1-2-6-3;1-2-3-1/h5-6H,1-4H2;6H,1-5H2;2,4,6H,1,3,5H2;2*1-5H2;5-6H,1-4H2;1-3H2,(H,5,6);5H,1-4H2;1-3H2,(H,5,6);1-5H;5H,1-4H2;1-2,5H,3-4H2;1-4H2;2*1-3H2;1-4H2;1-2H2,(H2,4,5,6);3H,1-2H2,(H,4,5);4-5H,1-3H2;1-2H2,(H,4,5);3H,1-2H2;4H,1-3H2;1-2H2;1-2H2. The molecule has 0 aromatic carbocycles. The zero-order valence-electron chi connectivity index (χ0n) is 82.4. The fraction of sp³-hybridized carbons (Fsp3) is 0.817. The molecular formula is C93H177N19O20S5. The molecule has 20 saturated heterocycles. The number of rotatable bonds is 0. The van der Waals surface area contributed by atoms with E-state index in [-0.39, 0.29) is 30.1 Å². The van der Waals surface area contributed by atoms with Gasteiger partial charge in [-0.2, -0.15) is 11.8 Å². The van der Waals surface area contributed by atoms with Crippen molar-refractivity contribution in [2.45, 2.75) is 198 Å². The summed E-state index contributed by atoms with van der Waals surface area (Å²) in [5.41, 5.74) is 5.94. The van der Waals surface area contributed by atoms with Crippen LogP contribution in [0.4, 0.5) is 19.2 Å². The highest BCUT2D eigenvalue weighted by molar-refractivity contribution is 8.14. The Hall–Kier alpha value is -6.02. The van der Waals surface area contributed by atoms with Crippen LogP contribution in [0, 0.1) is 0 Å². The lowest BCUT2D eigenvalue weighted by molar-refractivity contribution is -0.138. The minimum absolute atomic E-state index is 0.0463. The number of cyclic esters (lactones) is 5. The van der Waals surface area contributed by atoms with Gasteiger partial charge in [0.05, 0.1) is 89.3 Å². The van der Waals surface area contributed by atoms with Crippen LogP contribution in [0.3, 0.4) is 0 Å². The molecule has 0 unspecified atom stereocenters. The molecule has 0 spiro atoms. The largest absolute Gasteiger partial charge is 0.508 e. The Kier molecular flexibility index (Phi) is 95.4. The Morgan fingerprint density at radius 3 is 1.10 bits per heavy atom. The zero-order chi connectivity index (χ0) is 98.1. The van der Waals surface area contributed by atoms with Gasteiger partial charge >= 0.3 is 30.3 Å². The van der Waals surface area contributed by atoms with Crippen molar-refractivity contribution in [3.63, 3.8) is 0 Å². The van der Waals surface area contributed by atoms with Crippen molar-refractivity contribution in [2.24, 2.45) is 9.98 Å². The lowest BCUT2D eigenvalue weighted by Gasteiger charge is -2.11. The molecule has 39 nitrogen and oxygen atoms in total. The predicted octanol–water partition coefficient (Wildman–Crippen LogP) is 7.62. The smallest absolute Gasteiger partial charge is 0.482 e. The summed E-state index contributed by atoms with van der Waals surface area (Å²) in [5.74, 6) is 7.36. The molecule has 794 valence electrons. The van der Waals surface area contributed by atoms with E-state index in [0.29, 0.717) is 74.8 Å². The molecule has 0 aromatic heterocycles. The minimum Gasteiger partial charge on any atom is -0.482 e. The maximum Gasteiger partial charge on any atom is 0.508 e. The van der Waals surface area contributed by atoms with E-state index < -0.39 is 16.0 Å². The first-order chi connectivity index (χ1) is 67.4. The molecule has 25 rings (SSSR count). The number of hydrazine groups is 1. The number of piperazine rings is 1. The first-order valence-electron chi connectivity index (χ1n) is 50.4. The molecule has 0 atom stereocenters. The number of morpholine rings is 1. The number of nitrogens with zero attached hydrogens (tertiary/aromatic N) is 2. The second-order valence-corrected chi connectivity index (χ2v) is 38.8. The highest BCUT2D eigenvalue weighted by Crippen LogP contribution is 2.33. The molecule has 25 aliphatic rings. The van der Waals surface area contributed by atoms with Crippen LogP contribution >= 0.6 is 47.0 Å². The van der Waals surface area contributed by atoms with Gasteiger partial charge < -0.3 is 132 Å². The van der Waals surface area contributed by atoms with Crippen LogP contribution in [0.25, 0.3) is 0 Å². The summed E-state index contributed by atoms with van der Waals surface area (Å²) in [6.45, 7) is 36.2. The second-order valence-electron chi connectivity index (χ2n) is 32.2. The Labute approximate surface area is 836 Å². The molecule has 0 aliphatic carbocycles. The third-order valence-electron chi connectivity index (χ3n) is 20.0. The van der Waals surface area contributed by atoms with Gasteiger partial charge in [-0.25, -0.2) is 27.6 Å². The SMILES string of the molecule is C1=CCNC1.C1=CNCCC1.C1=CSC=CN1.C1=NCCN1.C1=NCCO1.C1CC2CCC1O2.C1CCNC1.C1CCNCC1.C1CCOC1.C1CCOCC1.C1CCSCC1.C1CNCCN1.C1CNNC1.C1CO1.C1COCCN1.C1CSCN1.O=C1CCCN1.O=C1CCCO1.O=C1CCCS1.O=C1NCCCO1.O=C1NCCN1.O=C1NCCO1.O=C1OCCO1.O=S1(=O)CCCC1. The number of epoxide rings is 1. The van der Waals surface area contributed by atoms with Crippen molar-refractivity contribution in [3.05, 3.63) is 47.6 Å². The first-order valence-corrected chi connectivity index (χ1v) is 56.5. The van der Waals surface area contributed by atoms with Gasteiger partial charge in [0.1, 0.15) is 36.3 Å². The summed E-state index contributed by atoms with van der Waals surface area (Å²) in [6.07, 6.45) is 50.6. The molecule has 5 amide bonds. The number of amides is 5. The van der Waals surface area contributed by atoms with E-state index in [2.05, 4.69) is 164 Å². The Morgan fingerprint density at radius 2 is 0.927 bits per heavy atom. The highest BCUT2D eigenvalue weighted by Gasteiger charge is 2.31. The normalized spacial score (nSPS) is 23.4. The fourth-order valence-electron chi connectivity index (χ4n) is 12.4. The lowest BCUT2D eigenvalue weighted by atomic mass is 10.0. The maximum absolute atomic E-state index is 10.4. The quantitative estimate of drug-likeness (QED) is 0.0480. The van der Waals surface area contributed by atoms with E-state index in [9.17, 15) is 42.0 Å². The van der Waals surface area contributed by atoms with Crippen molar-refractivity contribution in [3.8, 4) is 0 Å². The number of sulfone groups is 1. The monoisotopic (exact) mass is 2040 g/mol. The van der Waals surface area contributed by atoms with Gasteiger partial charge in [-0.05, 0) is 209 Å². The van der Waals surface area contributed by atoms with E-state index in [1.54, 1.807) is 18.1 Å². The molecule has 137 heavy (non-hydrogen) atoms. The number of aliphatic imine (C=N–C) groups is 2. The van der Waals surface area contributed by atoms with Crippen LogP contribution in [0.15, 0.2) is 57.6 Å². The number of hydrogen-bond acceptors (Lipinski definition) is 38. The number of urea groups is 1. The van der Waals surface area contributed by atoms with Crippen LogP contribution < -0.4 is 90.6 Å². The highest BCUT2D eigenvalue weighted by atomic mass is 32.2. The number of hydrogen-bond donors (Lipinski definition) is 17. The Balaban J connectivity index is 0.000000484. The van der Waals surface area contributed by atoms with Crippen molar-refractivity contribution >= 4 is 111 Å². The molecule has 0 radical (unpaired) electrons. The van der Waals surface area contributed by atoms with Crippen LogP contribution in [0.5, 0.6) is 0 Å². The van der Waals surface area contributed by atoms with Crippen molar-refractivity contribution in [2.75, 3.05) is 290 Å². The number of carbonyl (C=O) groups is 7. The van der Waals surface area contributed by atoms with E-state index in [0.717, 1.165) is 234 Å². The topological polar surface area (TPSA) is 488 Å². The second kappa shape index (κ2) is 103. The average molecular weight is 2040 g/mol. The predicted molar refractivity (Wildman–Crippen MR) is 555 cm³/mol. The van der Waals surface area contributed by atoms with Crippen molar-refractivity contribution < 1.29 is 94.1 Å².